The van der Waals surface area contributed by atoms with Crippen molar-refractivity contribution in [2.75, 3.05) is 10.6 Å². The zero-order valence-electron chi connectivity index (χ0n) is 10.6. The van der Waals surface area contributed by atoms with Crippen molar-refractivity contribution in [3.05, 3.63) is 34.8 Å². The lowest BCUT2D eigenvalue weighted by atomic mass is 10.2. The highest BCUT2D eigenvalue weighted by Gasteiger charge is 2.29. The normalized spacial score (nSPS) is 17.0. The lowest BCUT2D eigenvalue weighted by Crippen LogP contribution is -2.32. The van der Waals surface area contributed by atoms with Gasteiger partial charge in [-0.15, -0.1) is 23.1 Å². The Balaban J connectivity index is 1.68. The molecule has 0 fully saturated rings. The topological polar surface area (TPSA) is 71.1 Å². The first-order chi connectivity index (χ1) is 10.1. The fourth-order valence-electron chi connectivity index (χ4n) is 1.88. The molecule has 2 heterocycles. The minimum atomic E-state index is -0.460. The maximum atomic E-state index is 12.0. The van der Waals surface area contributed by atoms with E-state index >= 15 is 0 Å². The Morgan fingerprint density at radius 3 is 3.10 bits per heavy atom. The third-order valence-electron chi connectivity index (χ3n) is 2.81. The minimum Gasteiger partial charge on any atom is -0.324 e. The molecule has 2 amide bonds. The molecule has 1 aliphatic rings. The van der Waals surface area contributed by atoms with Crippen molar-refractivity contribution >= 4 is 57.3 Å². The highest BCUT2D eigenvalue weighted by molar-refractivity contribution is 8.01. The summed E-state index contributed by atoms with van der Waals surface area (Å²) in [5, 5.41) is 7.87. The second-order valence-electron chi connectivity index (χ2n) is 4.33. The quantitative estimate of drug-likeness (QED) is 0.900. The molecule has 0 unspecified atom stereocenters. The molecule has 108 valence electrons. The fourth-order valence-corrected chi connectivity index (χ4v) is 3.69. The Morgan fingerprint density at radius 1 is 1.48 bits per heavy atom. The molecule has 0 aliphatic carbocycles. The van der Waals surface area contributed by atoms with Gasteiger partial charge in [0.25, 0.3) is 0 Å². The molecular weight excluding hydrogens is 330 g/mol. The number of hydrogen-bond acceptors (Lipinski definition) is 5. The number of hydrogen-bond donors (Lipinski definition) is 2. The molecule has 2 N–H and O–H groups in total. The first kappa shape index (κ1) is 14.4. The summed E-state index contributed by atoms with van der Waals surface area (Å²) in [5.74, 6) is -0.418. The van der Waals surface area contributed by atoms with Crippen molar-refractivity contribution in [1.82, 2.24) is 4.98 Å². The standard InChI is InChI=1S/C13H10ClN3O2S2/c14-7-1-2-9-8(5-7)16-12(19)10(21-9)6-11(18)17-13-15-3-4-20-13/h1-5,10H,6H2,(H,16,19)(H,15,17,18)/t10-/m0/s1. The lowest BCUT2D eigenvalue weighted by molar-refractivity contribution is -0.120. The second kappa shape index (κ2) is 6.05. The van der Waals surface area contributed by atoms with Crippen LogP contribution < -0.4 is 10.6 Å². The molecule has 1 aromatic carbocycles. The molecule has 0 saturated heterocycles. The molecule has 21 heavy (non-hydrogen) atoms. The van der Waals surface area contributed by atoms with Gasteiger partial charge < -0.3 is 10.6 Å². The van der Waals surface area contributed by atoms with E-state index < -0.39 is 5.25 Å². The van der Waals surface area contributed by atoms with Crippen LogP contribution in [0.25, 0.3) is 0 Å². The molecule has 1 atom stereocenters. The van der Waals surface area contributed by atoms with Crippen LogP contribution in [-0.4, -0.2) is 22.0 Å². The molecule has 1 aromatic heterocycles. The number of benzene rings is 1. The summed E-state index contributed by atoms with van der Waals surface area (Å²) in [7, 11) is 0. The van der Waals surface area contributed by atoms with Crippen molar-refractivity contribution in [2.45, 2.75) is 16.6 Å². The van der Waals surface area contributed by atoms with E-state index in [0.29, 0.717) is 15.8 Å². The third kappa shape index (κ3) is 3.37. The molecular formula is C13H10ClN3O2S2. The molecule has 0 spiro atoms. The molecule has 2 aromatic rings. The zero-order valence-corrected chi connectivity index (χ0v) is 13.0. The van der Waals surface area contributed by atoms with Crippen molar-refractivity contribution in [3.8, 4) is 0 Å². The summed E-state index contributed by atoms with van der Waals surface area (Å²) in [6, 6.07) is 5.30. The number of anilines is 2. The SMILES string of the molecule is O=C(C[C@@H]1Sc2ccc(Cl)cc2NC1=O)Nc1nccs1. The number of nitrogens with one attached hydrogen (secondary N) is 2. The Kier molecular flexibility index (Phi) is 4.14. The summed E-state index contributed by atoms with van der Waals surface area (Å²) in [4.78, 5) is 28.9. The predicted molar refractivity (Wildman–Crippen MR) is 85.1 cm³/mol. The van der Waals surface area contributed by atoms with Gasteiger partial charge in [0.15, 0.2) is 5.13 Å². The third-order valence-corrected chi connectivity index (χ3v) is 5.01. The Bertz CT molecular complexity index is 691. The zero-order chi connectivity index (χ0) is 14.8. The number of fused-ring (bicyclic) bond motifs is 1. The van der Waals surface area contributed by atoms with Crippen LogP contribution in [0.5, 0.6) is 0 Å². The predicted octanol–water partition coefficient (Wildman–Crippen LogP) is 3.24. The van der Waals surface area contributed by atoms with E-state index in [2.05, 4.69) is 15.6 Å². The van der Waals surface area contributed by atoms with Crippen molar-refractivity contribution in [3.63, 3.8) is 0 Å². The Labute approximate surface area is 134 Å². The Hall–Kier alpha value is -1.57. The van der Waals surface area contributed by atoms with Crippen molar-refractivity contribution < 1.29 is 9.59 Å². The number of nitrogens with zero attached hydrogens (tertiary/aromatic N) is 1. The maximum absolute atomic E-state index is 12.0. The summed E-state index contributed by atoms with van der Waals surface area (Å²) in [5.41, 5.74) is 0.689. The van der Waals surface area contributed by atoms with Gasteiger partial charge in [-0.1, -0.05) is 11.6 Å². The van der Waals surface area contributed by atoms with E-state index in [4.69, 9.17) is 11.6 Å². The number of halogens is 1. The van der Waals surface area contributed by atoms with E-state index in [9.17, 15) is 9.59 Å². The van der Waals surface area contributed by atoms with E-state index in [1.807, 2.05) is 6.07 Å². The monoisotopic (exact) mass is 339 g/mol. The molecule has 3 rings (SSSR count). The van der Waals surface area contributed by atoms with Gasteiger partial charge in [-0.3, -0.25) is 9.59 Å². The highest BCUT2D eigenvalue weighted by atomic mass is 35.5. The molecule has 0 saturated carbocycles. The van der Waals surface area contributed by atoms with Crippen LogP contribution >= 0.6 is 34.7 Å². The van der Waals surface area contributed by atoms with Crippen LogP contribution in [0, 0.1) is 0 Å². The number of aromatic nitrogens is 1. The summed E-state index contributed by atoms with van der Waals surface area (Å²) >= 11 is 8.60. The van der Waals surface area contributed by atoms with E-state index in [1.54, 1.807) is 23.7 Å². The van der Waals surface area contributed by atoms with Gasteiger partial charge in [-0.25, -0.2) is 4.98 Å². The largest absolute Gasteiger partial charge is 0.324 e. The van der Waals surface area contributed by atoms with Crippen LogP contribution in [0.15, 0.2) is 34.7 Å². The van der Waals surface area contributed by atoms with Crippen molar-refractivity contribution in [2.24, 2.45) is 0 Å². The number of carbonyl (C=O) groups is 2. The van der Waals surface area contributed by atoms with Gasteiger partial charge in [0.05, 0.1) is 10.9 Å². The van der Waals surface area contributed by atoms with Crippen molar-refractivity contribution in [1.29, 1.82) is 0 Å². The summed E-state index contributed by atoms with van der Waals surface area (Å²) in [6.07, 6.45) is 1.71. The van der Waals surface area contributed by atoms with E-state index in [1.165, 1.54) is 23.1 Å². The first-order valence-corrected chi connectivity index (χ1v) is 8.22. The molecule has 5 nitrogen and oxygen atoms in total. The van der Waals surface area contributed by atoms with Crippen LogP contribution in [0.3, 0.4) is 0 Å². The smallest absolute Gasteiger partial charge is 0.238 e. The van der Waals surface area contributed by atoms with Gasteiger partial charge in [-0.05, 0) is 18.2 Å². The molecule has 0 radical (unpaired) electrons. The summed E-state index contributed by atoms with van der Waals surface area (Å²) in [6.45, 7) is 0. The number of thiazole rings is 1. The average molecular weight is 340 g/mol. The average Bonchev–Trinajstić information content (AvgIpc) is 2.92. The van der Waals surface area contributed by atoms with Gasteiger partial charge >= 0.3 is 0 Å². The number of carbonyl (C=O) groups excluding carboxylic acids is 2. The molecule has 1 aliphatic heterocycles. The van der Waals surface area contributed by atoms with Gasteiger partial charge in [0, 0.05) is 27.9 Å². The van der Waals surface area contributed by atoms with Crippen LogP contribution in [-0.2, 0) is 9.59 Å². The second-order valence-corrected chi connectivity index (χ2v) is 6.90. The highest BCUT2D eigenvalue weighted by Crippen LogP contribution is 2.38. The van der Waals surface area contributed by atoms with E-state index in [0.717, 1.165) is 4.90 Å². The van der Waals surface area contributed by atoms with E-state index in [-0.39, 0.29) is 18.2 Å². The maximum Gasteiger partial charge on any atom is 0.238 e. The number of thioether (sulfide) groups is 1. The lowest BCUT2D eigenvalue weighted by Gasteiger charge is -2.23. The van der Waals surface area contributed by atoms with Gasteiger partial charge in [-0.2, -0.15) is 0 Å². The van der Waals surface area contributed by atoms with Gasteiger partial charge in [0.1, 0.15) is 0 Å². The van der Waals surface area contributed by atoms with Crippen LogP contribution in [0.1, 0.15) is 6.42 Å². The molecule has 8 heteroatoms. The minimum absolute atomic E-state index is 0.0954. The van der Waals surface area contributed by atoms with Crippen LogP contribution in [0.2, 0.25) is 5.02 Å². The van der Waals surface area contributed by atoms with Gasteiger partial charge in [0.2, 0.25) is 11.8 Å². The number of amides is 2. The number of rotatable bonds is 3. The molecule has 0 bridgehead atoms. The Morgan fingerprint density at radius 2 is 2.33 bits per heavy atom. The fraction of sp³-hybridized carbons (Fsp3) is 0.154. The summed E-state index contributed by atoms with van der Waals surface area (Å²) < 4.78 is 0. The van der Waals surface area contributed by atoms with Crippen LogP contribution in [0.4, 0.5) is 10.8 Å². The first-order valence-electron chi connectivity index (χ1n) is 6.08.